The number of nitrogens with one attached hydrogen (secondary N) is 1. The Morgan fingerprint density at radius 1 is 1.21 bits per heavy atom. The Kier molecular flexibility index (Phi) is 5.38. The van der Waals surface area contributed by atoms with Crippen LogP contribution in [0.5, 0.6) is 0 Å². The fraction of sp³-hybridized carbons (Fsp3) is 0.412. The Labute approximate surface area is 150 Å². The second kappa shape index (κ2) is 7.51. The molecule has 1 aliphatic heterocycles. The van der Waals surface area contributed by atoms with Crippen LogP contribution in [0.2, 0.25) is 5.02 Å². The van der Waals surface area contributed by atoms with Gasteiger partial charge in [-0.2, -0.15) is 0 Å². The number of likely N-dealkylation sites (N-methyl/N-ethyl adjacent to an activating group) is 1. The van der Waals surface area contributed by atoms with Crippen LogP contribution < -0.4 is 5.32 Å². The van der Waals surface area contributed by atoms with Crippen LogP contribution in [0.15, 0.2) is 24.3 Å². The van der Waals surface area contributed by atoms with Gasteiger partial charge in [-0.15, -0.1) is 11.3 Å². The number of carbonyl (C=O) groups is 2. The first-order chi connectivity index (χ1) is 11.6. The molecule has 0 unspecified atom stereocenters. The van der Waals surface area contributed by atoms with Crippen molar-refractivity contribution < 1.29 is 9.59 Å². The van der Waals surface area contributed by atoms with Crippen LogP contribution in [-0.2, 0) is 4.79 Å². The van der Waals surface area contributed by atoms with Gasteiger partial charge in [0.1, 0.15) is 4.88 Å². The summed E-state index contributed by atoms with van der Waals surface area (Å²) in [6, 6.07) is 7.79. The highest BCUT2D eigenvalue weighted by atomic mass is 35.5. The van der Waals surface area contributed by atoms with E-state index in [9.17, 15) is 9.59 Å². The molecule has 1 aliphatic rings. The number of rotatable bonds is 4. The van der Waals surface area contributed by atoms with Crippen molar-refractivity contribution in [1.29, 1.82) is 0 Å². The van der Waals surface area contributed by atoms with Gasteiger partial charge in [0.05, 0.1) is 11.6 Å². The lowest BCUT2D eigenvalue weighted by Crippen LogP contribution is -2.51. The molecule has 1 fully saturated rings. The summed E-state index contributed by atoms with van der Waals surface area (Å²) in [4.78, 5) is 28.9. The minimum Gasteiger partial charge on any atom is -0.355 e. The molecule has 24 heavy (non-hydrogen) atoms. The molecular weight excluding hydrogens is 346 g/mol. The highest BCUT2D eigenvalue weighted by Crippen LogP contribution is 2.35. The van der Waals surface area contributed by atoms with Crippen molar-refractivity contribution in [2.45, 2.75) is 6.92 Å². The predicted molar refractivity (Wildman–Crippen MR) is 97.9 cm³/mol. The number of hydrogen-bond donors (Lipinski definition) is 1. The van der Waals surface area contributed by atoms with Crippen molar-refractivity contribution in [1.82, 2.24) is 15.1 Å². The third-order valence-corrected chi connectivity index (χ3v) is 5.79. The van der Waals surface area contributed by atoms with E-state index in [-0.39, 0.29) is 11.8 Å². The van der Waals surface area contributed by atoms with Crippen LogP contribution >= 0.6 is 22.9 Å². The normalized spacial score (nSPS) is 15.7. The molecule has 1 N–H and O–H groups in total. The molecule has 0 spiro atoms. The maximum Gasteiger partial charge on any atom is 0.265 e. The van der Waals surface area contributed by atoms with Gasteiger partial charge in [0.15, 0.2) is 0 Å². The number of piperazine rings is 1. The van der Waals surface area contributed by atoms with Crippen LogP contribution in [0.1, 0.15) is 16.6 Å². The summed E-state index contributed by atoms with van der Waals surface area (Å²) in [6.07, 6.45) is 0. The first-order valence-corrected chi connectivity index (χ1v) is 9.25. The summed E-state index contributed by atoms with van der Waals surface area (Å²) in [5, 5.41) is 4.28. The van der Waals surface area contributed by atoms with E-state index in [1.165, 1.54) is 11.3 Å². The molecule has 0 atom stereocenters. The molecule has 1 aromatic carbocycles. The van der Waals surface area contributed by atoms with Crippen molar-refractivity contribution in [2.24, 2.45) is 0 Å². The van der Waals surface area contributed by atoms with Crippen LogP contribution in [0, 0.1) is 0 Å². The Bertz CT molecular complexity index is 753. The maximum atomic E-state index is 12.8. The summed E-state index contributed by atoms with van der Waals surface area (Å²) in [7, 11) is 0. The summed E-state index contributed by atoms with van der Waals surface area (Å²) in [6.45, 7) is 5.56. The number of halogens is 1. The van der Waals surface area contributed by atoms with Crippen LogP contribution in [0.4, 0.5) is 0 Å². The molecule has 128 valence electrons. The first-order valence-electron chi connectivity index (χ1n) is 8.05. The van der Waals surface area contributed by atoms with Gasteiger partial charge >= 0.3 is 0 Å². The molecule has 0 aliphatic carbocycles. The largest absolute Gasteiger partial charge is 0.355 e. The van der Waals surface area contributed by atoms with Gasteiger partial charge < -0.3 is 10.2 Å². The number of amides is 2. The van der Waals surface area contributed by atoms with Gasteiger partial charge in [-0.25, -0.2) is 0 Å². The minimum absolute atomic E-state index is 0.0149. The van der Waals surface area contributed by atoms with Gasteiger partial charge in [-0.3, -0.25) is 14.5 Å². The van der Waals surface area contributed by atoms with Gasteiger partial charge in [-0.1, -0.05) is 29.8 Å². The van der Waals surface area contributed by atoms with Gasteiger partial charge in [0, 0.05) is 42.8 Å². The third-order valence-electron chi connectivity index (χ3n) is 4.13. The van der Waals surface area contributed by atoms with Crippen LogP contribution in [0.25, 0.3) is 10.1 Å². The number of hydrogen-bond acceptors (Lipinski definition) is 4. The zero-order chi connectivity index (χ0) is 17.1. The highest BCUT2D eigenvalue weighted by Gasteiger charge is 2.26. The monoisotopic (exact) mass is 365 g/mol. The molecule has 0 saturated carbocycles. The second-order valence-corrected chi connectivity index (χ2v) is 7.19. The molecule has 1 aromatic heterocycles. The fourth-order valence-electron chi connectivity index (χ4n) is 2.86. The van der Waals surface area contributed by atoms with E-state index in [1.54, 1.807) is 0 Å². The van der Waals surface area contributed by atoms with Crippen molar-refractivity contribution in [3.63, 3.8) is 0 Å². The smallest absolute Gasteiger partial charge is 0.265 e. The second-order valence-electron chi connectivity index (χ2n) is 5.76. The molecule has 1 saturated heterocycles. The average Bonchev–Trinajstić information content (AvgIpc) is 2.92. The van der Waals surface area contributed by atoms with E-state index in [1.807, 2.05) is 36.1 Å². The molecular formula is C17H20ClN3O2S. The lowest BCUT2D eigenvalue weighted by atomic mass is 10.2. The first kappa shape index (κ1) is 17.2. The summed E-state index contributed by atoms with van der Waals surface area (Å²) < 4.78 is 1.03. The average molecular weight is 366 g/mol. The van der Waals surface area contributed by atoms with Crippen molar-refractivity contribution in [3.05, 3.63) is 34.2 Å². The summed E-state index contributed by atoms with van der Waals surface area (Å²) >= 11 is 7.85. The van der Waals surface area contributed by atoms with E-state index >= 15 is 0 Å². The number of carbonyl (C=O) groups excluding carboxylic acids is 2. The van der Waals surface area contributed by atoms with E-state index in [0.717, 1.165) is 10.1 Å². The quantitative estimate of drug-likeness (QED) is 0.905. The predicted octanol–water partition coefficient (Wildman–Crippen LogP) is 2.45. The Morgan fingerprint density at radius 3 is 2.58 bits per heavy atom. The molecule has 2 aromatic rings. The maximum absolute atomic E-state index is 12.8. The fourth-order valence-corrected chi connectivity index (χ4v) is 4.34. The zero-order valence-electron chi connectivity index (χ0n) is 13.5. The van der Waals surface area contributed by atoms with Gasteiger partial charge in [0.25, 0.3) is 5.91 Å². The van der Waals surface area contributed by atoms with Crippen LogP contribution in [0.3, 0.4) is 0 Å². The van der Waals surface area contributed by atoms with Gasteiger partial charge in [0.2, 0.25) is 5.91 Å². The molecule has 7 heteroatoms. The topological polar surface area (TPSA) is 52.7 Å². The van der Waals surface area contributed by atoms with Crippen LogP contribution in [-0.4, -0.2) is 60.9 Å². The molecule has 0 radical (unpaired) electrons. The third kappa shape index (κ3) is 3.55. The number of benzene rings is 1. The van der Waals surface area contributed by atoms with E-state index < -0.39 is 0 Å². The Morgan fingerprint density at radius 2 is 1.92 bits per heavy atom. The highest BCUT2D eigenvalue weighted by molar-refractivity contribution is 7.21. The van der Waals surface area contributed by atoms with E-state index in [4.69, 9.17) is 11.6 Å². The molecule has 2 heterocycles. The summed E-state index contributed by atoms with van der Waals surface area (Å²) in [5.74, 6) is 0.0173. The number of thiophene rings is 1. The van der Waals surface area contributed by atoms with Crippen molar-refractivity contribution >= 4 is 44.8 Å². The Balaban J connectivity index is 1.64. The van der Waals surface area contributed by atoms with Gasteiger partial charge in [-0.05, 0) is 13.0 Å². The number of fused-ring (bicyclic) bond motifs is 1. The molecule has 3 rings (SSSR count). The van der Waals surface area contributed by atoms with E-state index in [0.29, 0.717) is 49.2 Å². The zero-order valence-corrected chi connectivity index (χ0v) is 15.1. The van der Waals surface area contributed by atoms with Crippen molar-refractivity contribution in [3.8, 4) is 0 Å². The SMILES string of the molecule is CCNC(=O)CN1CCN(C(=O)c2sc3ccccc3c2Cl)CC1. The molecule has 0 bridgehead atoms. The standard InChI is InChI=1S/C17H20ClN3O2S/c1-2-19-14(22)11-20-7-9-21(10-8-20)17(23)16-15(18)12-5-3-4-6-13(12)24-16/h3-6H,2,7-11H2,1H3,(H,19,22). The molecule has 5 nitrogen and oxygen atoms in total. The van der Waals surface area contributed by atoms with Crippen molar-refractivity contribution in [2.75, 3.05) is 39.3 Å². The summed E-state index contributed by atoms with van der Waals surface area (Å²) in [5.41, 5.74) is 0. The van der Waals surface area contributed by atoms with E-state index in [2.05, 4.69) is 10.2 Å². The Hall–Kier alpha value is -1.63. The number of nitrogens with zero attached hydrogens (tertiary/aromatic N) is 2. The lowest BCUT2D eigenvalue weighted by molar-refractivity contribution is -0.122. The minimum atomic E-state index is -0.0149. The molecule has 2 amide bonds. The lowest BCUT2D eigenvalue weighted by Gasteiger charge is -2.34.